The molecule has 0 aromatic heterocycles. The zero-order valence-electron chi connectivity index (χ0n) is 23.1. The molecule has 0 saturated carbocycles. The van der Waals surface area contributed by atoms with Gasteiger partial charge in [-0.1, -0.05) is 0 Å². The molecule has 0 bridgehead atoms. The smallest absolute Gasteiger partial charge is 0.380 e. The molecule has 47 heavy (non-hydrogen) atoms. The Labute approximate surface area is 258 Å². The second-order valence-corrected chi connectivity index (χ2v) is 9.61. The van der Waals surface area contributed by atoms with E-state index in [1.54, 1.807) is 0 Å². The maximum atomic E-state index is 15.0. The molecule has 4 aromatic carbocycles. The number of halogens is 6. The van der Waals surface area contributed by atoms with Crippen LogP contribution in [0.4, 0.5) is 26.3 Å². The van der Waals surface area contributed by atoms with Crippen molar-refractivity contribution in [1.82, 2.24) is 0 Å². The molecule has 16 heteroatoms. The lowest BCUT2D eigenvalue weighted by Gasteiger charge is -2.33. The molecule has 0 saturated heterocycles. The van der Waals surface area contributed by atoms with Gasteiger partial charge in [0.15, 0.2) is 0 Å². The molecule has 244 valence electrons. The van der Waals surface area contributed by atoms with Crippen molar-refractivity contribution >= 4 is 23.9 Å². The van der Waals surface area contributed by atoms with Crippen LogP contribution in [0.5, 0.6) is 23.0 Å². The molecule has 0 spiro atoms. The molecule has 4 aromatic rings. The second-order valence-electron chi connectivity index (χ2n) is 9.61. The van der Waals surface area contributed by atoms with Gasteiger partial charge in [0.25, 0.3) is 0 Å². The predicted octanol–water partition coefficient (Wildman–Crippen LogP) is 7.58. The molecule has 0 aliphatic rings. The highest BCUT2D eigenvalue weighted by Crippen LogP contribution is 2.55. The summed E-state index contributed by atoms with van der Waals surface area (Å²) in [4.78, 5) is 45.0. The molecule has 0 aliphatic carbocycles. The van der Waals surface area contributed by atoms with Crippen molar-refractivity contribution < 1.29 is 75.4 Å². The van der Waals surface area contributed by atoms with Gasteiger partial charge in [-0.05, 0) is 84.9 Å². The van der Waals surface area contributed by atoms with E-state index in [1.807, 2.05) is 0 Å². The summed E-state index contributed by atoms with van der Waals surface area (Å²) in [6.07, 6.45) is 0. The van der Waals surface area contributed by atoms with E-state index < -0.39 is 75.0 Å². The Morgan fingerprint density at radius 1 is 0.426 bits per heavy atom. The van der Waals surface area contributed by atoms with Crippen molar-refractivity contribution in [2.75, 3.05) is 0 Å². The quantitative estimate of drug-likeness (QED) is 0.111. The van der Waals surface area contributed by atoms with Crippen LogP contribution in [-0.4, -0.2) is 50.2 Å². The molecular weight excluding hydrogens is 646 g/mol. The number of alkyl halides is 6. The van der Waals surface area contributed by atoms with Crippen LogP contribution >= 0.6 is 0 Å². The highest BCUT2D eigenvalue weighted by atomic mass is 19.3. The number of carboxylic acid groups (broad SMARTS) is 4. The van der Waals surface area contributed by atoms with Crippen LogP contribution in [0.15, 0.2) is 84.9 Å². The van der Waals surface area contributed by atoms with Crippen molar-refractivity contribution in [3.05, 3.63) is 118 Å². The Hall–Kier alpha value is -6.06. The molecule has 0 aliphatic heterocycles. The van der Waals surface area contributed by atoms with Crippen LogP contribution < -0.4 is 9.47 Å². The number of carboxylic acids is 4. The summed E-state index contributed by atoms with van der Waals surface area (Å²) < 4.78 is 100. The lowest BCUT2D eigenvalue weighted by atomic mass is 9.92. The van der Waals surface area contributed by atoms with Crippen LogP contribution in [0.1, 0.15) is 52.6 Å². The standard InChI is InChI=1S/C31H18F6O10/c32-29(33,15-1-5-17(6-2-15)46-19-9-11-21(25(38)39)23(13-19)27(42)43)31(36,37)30(34,35)16-3-7-18(8-4-16)47-20-10-12-22(26(40)41)24(14-20)28(44)45/h1-14H,(H,38,39)(H,40,41)(H,42,43)(H,44,45). The van der Waals surface area contributed by atoms with E-state index in [1.165, 1.54) is 0 Å². The number of hydrogen-bond acceptors (Lipinski definition) is 6. The molecule has 0 heterocycles. The van der Waals surface area contributed by atoms with Crippen LogP contribution in [-0.2, 0) is 11.8 Å². The first-order valence-corrected chi connectivity index (χ1v) is 12.8. The first-order valence-electron chi connectivity index (χ1n) is 12.8. The summed E-state index contributed by atoms with van der Waals surface area (Å²) in [6, 6.07) is 10.0. The van der Waals surface area contributed by atoms with Crippen LogP contribution in [0.3, 0.4) is 0 Å². The van der Waals surface area contributed by atoms with Gasteiger partial charge in [-0.2, -0.15) is 26.3 Å². The minimum Gasteiger partial charge on any atom is -0.478 e. The molecule has 0 unspecified atom stereocenters. The summed E-state index contributed by atoms with van der Waals surface area (Å²) in [7, 11) is 0. The summed E-state index contributed by atoms with van der Waals surface area (Å²) in [5.41, 5.74) is -5.54. The Balaban J connectivity index is 1.53. The first kappa shape index (κ1) is 33.8. The Kier molecular flexibility index (Phi) is 8.91. The summed E-state index contributed by atoms with van der Waals surface area (Å²) in [5, 5.41) is 36.6. The van der Waals surface area contributed by atoms with Crippen molar-refractivity contribution in [3.63, 3.8) is 0 Å². The largest absolute Gasteiger partial charge is 0.478 e. The zero-order chi connectivity index (χ0) is 34.9. The molecule has 10 nitrogen and oxygen atoms in total. The van der Waals surface area contributed by atoms with E-state index in [0.29, 0.717) is 24.3 Å². The third-order valence-electron chi connectivity index (χ3n) is 6.60. The number of rotatable bonds is 12. The lowest BCUT2D eigenvalue weighted by molar-refractivity contribution is -0.321. The Morgan fingerprint density at radius 2 is 0.702 bits per heavy atom. The van der Waals surface area contributed by atoms with Crippen molar-refractivity contribution in [2.45, 2.75) is 17.8 Å². The fourth-order valence-electron chi connectivity index (χ4n) is 4.20. The highest BCUT2D eigenvalue weighted by molar-refractivity contribution is 6.02. The number of carbonyl (C=O) groups is 4. The Morgan fingerprint density at radius 3 is 0.979 bits per heavy atom. The Bertz CT molecular complexity index is 1740. The van der Waals surface area contributed by atoms with Gasteiger partial charge in [0.1, 0.15) is 23.0 Å². The third-order valence-corrected chi connectivity index (χ3v) is 6.60. The second kappa shape index (κ2) is 12.4. The van der Waals surface area contributed by atoms with E-state index in [4.69, 9.17) is 19.7 Å². The summed E-state index contributed by atoms with van der Waals surface area (Å²) >= 11 is 0. The minimum atomic E-state index is -6.00. The maximum absolute atomic E-state index is 15.0. The van der Waals surface area contributed by atoms with E-state index >= 15 is 0 Å². The third kappa shape index (κ3) is 6.51. The number of benzene rings is 4. The monoisotopic (exact) mass is 664 g/mol. The van der Waals surface area contributed by atoms with Crippen molar-refractivity contribution in [3.8, 4) is 23.0 Å². The number of ether oxygens (including phenoxy) is 2. The average Bonchev–Trinajstić information content (AvgIpc) is 3.01. The molecule has 4 N–H and O–H groups in total. The minimum absolute atomic E-state index is 0.254. The number of aromatic carboxylic acids is 4. The molecule has 0 atom stereocenters. The predicted molar refractivity (Wildman–Crippen MR) is 146 cm³/mol. The molecule has 0 fully saturated rings. The van der Waals surface area contributed by atoms with E-state index in [9.17, 15) is 55.7 Å². The normalized spacial score (nSPS) is 11.9. The van der Waals surface area contributed by atoms with Crippen LogP contribution in [0.2, 0.25) is 0 Å². The van der Waals surface area contributed by atoms with Gasteiger partial charge in [-0.3, -0.25) is 0 Å². The van der Waals surface area contributed by atoms with Gasteiger partial charge in [-0.15, -0.1) is 0 Å². The topological polar surface area (TPSA) is 168 Å². The molecular formula is C31H18F6O10. The van der Waals surface area contributed by atoms with Gasteiger partial charge < -0.3 is 29.9 Å². The molecule has 0 amide bonds. The van der Waals surface area contributed by atoms with Gasteiger partial charge >= 0.3 is 41.6 Å². The lowest BCUT2D eigenvalue weighted by Crippen LogP contribution is -2.50. The van der Waals surface area contributed by atoms with Crippen LogP contribution in [0.25, 0.3) is 0 Å². The van der Waals surface area contributed by atoms with Gasteiger partial charge in [0.2, 0.25) is 0 Å². The fraction of sp³-hybridized carbons (Fsp3) is 0.0968. The first-order chi connectivity index (χ1) is 21.9. The van der Waals surface area contributed by atoms with Crippen molar-refractivity contribution in [1.29, 1.82) is 0 Å². The van der Waals surface area contributed by atoms with E-state index in [0.717, 1.165) is 60.7 Å². The molecule has 4 rings (SSSR count). The maximum Gasteiger partial charge on any atom is 0.380 e. The highest BCUT2D eigenvalue weighted by Gasteiger charge is 2.72. The summed E-state index contributed by atoms with van der Waals surface area (Å²) in [5.74, 6) is -24.4. The van der Waals surface area contributed by atoms with E-state index in [2.05, 4.69) is 0 Å². The van der Waals surface area contributed by atoms with E-state index in [-0.39, 0.29) is 23.0 Å². The number of hydrogen-bond donors (Lipinski definition) is 4. The van der Waals surface area contributed by atoms with Gasteiger partial charge in [-0.25, -0.2) is 19.2 Å². The summed E-state index contributed by atoms with van der Waals surface area (Å²) in [6.45, 7) is 0. The SMILES string of the molecule is O=C(O)c1ccc(Oc2ccc(C(F)(F)C(F)(F)C(F)(F)c3ccc(Oc4ccc(C(=O)O)c(C(=O)O)c4)cc3)cc2)cc1C(=O)O. The van der Waals surface area contributed by atoms with Crippen LogP contribution in [0, 0.1) is 0 Å². The fourth-order valence-corrected chi connectivity index (χ4v) is 4.20. The van der Waals surface area contributed by atoms with Gasteiger partial charge in [0, 0.05) is 11.1 Å². The zero-order valence-corrected chi connectivity index (χ0v) is 23.1. The molecule has 0 radical (unpaired) electrons. The average molecular weight is 664 g/mol. The van der Waals surface area contributed by atoms with Gasteiger partial charge in [0.05, 0.1) is 22.3 Å². The van der Waals surface area contributed by atoms with Crippen molar-refractivity contribution in [2.24, 2.45) is 0 Å².